The number of carbonyl (C=O) groups is 1. The van der Waals surface area contributed by atoms with E-state index in [9.17, 15) is 17.6 Å². The molecule has 0 saturated carbocycles. The number of carbonyl (C=O) groups excluding carboxylic acids is 1. The van der Waals surface area contributed by atoms with Crippen molar-refractivity contribution in [2.24, 2.45) is 4.40 Å². The molecule has 4 rings (SSSR count). The molecule has 0 saturated heterocycles. The molecule has 0 atom stereocenters. The van der Waals surface area contributed by atoms with Crippen molar-refractivity contribution in [3.8, 4) is 0 Å². The molecule has 0 aliphatic carbocycles. The van der Waals surface area contributed by atoms with Crippen molar-refractivity contribution in [2.75, 3.05) is 23.3 Å². The number of esters is 1. The summed E-state index contributed by atoms with van der Waals surface area (Å²) in [7, 11) is -3.48. The lowest BCUT2D eigenvalue weighted by Crippen LogP contribution is -2.37. The summed E-state index contributed by atoms with van der Waals surface area (Å²) in [5.74, 6) is -0.812. The summed E-state index contributed by atoms with van der Waals surface area (Å²) >= 11 is 0. The van der Waals surface area contributed by atoms with Crippen LogP contribution in [0.3, 0.4) is 0 Å². The molecule has 2 aliphatic heterocycles. The second-order valence-corrected chi connectivity index (χ2v) is 8.24. The molecule has 0 amide bonds. The zero-order valence-corrected chi connectivity index (χ0v) is 16.7. The van der Waals surface area contributed by atoms with Crippen molar-refractivity contribution >= 4 is 39.4 Å². The van der Waals surface area contributed by atoms with Gasteiger partial charge in [-0.05, 0) is 36.4 Å². The normalized spacial score (nSPS) is 16.7. The smallest absolute Gasteiger partial charge is 0.340 e. The molecular formula is C18H16FN7O4S. The first-order valence-corrected chi connectivity index (χ1v) is 10.6. The maximum atomic E-state index is 13.0. The molecule has 0 bridgehead atoms. The molecule has 2 aromatic rings. The number of hydrogen-bond donors (Lipinski definition) is 2. The predicted octanol–water partition coefficient (Wildman–Crippen LogP) is 0.877. The number of amidine groups is 1. The second-order valence-electron chi connectivity index (χ2n) is 6.49. The van der Waals surface area contributed by atoms with Gasteiger partial charge in [0, 0.05) is 18.4 Å². The fourth-order valence-electron chi connectivity index (χ4n) is 2.76. The van der Waals surface area contributed by atoms with Crippen LogP contribution in [0.4, 0.5) is 22.0 Å². The Morgan fingerprint density at radius 1 is 1.19 bits per heavy atom. The second kappa shape index (κ2) is 8.10. The lowest BCUT2D eigenvalue weighted by atomic mass is 10.2. The number of benzene rings is 1. The fraction of sp³-hybridized carbons (Fsp3) is 0.167. The number of nitrogens with one attached hydrogen (secondary N) is 1. The summed E-state index contributed by atoms with van der Waals surface area (Å²) in [6.07, 6.45) is 4.32. The predicted molar refractivity (Wildman–Crippen MR) is 109 cm³/mol. The quantitative estimate of drug-likeness (QED) is 0.634. The van der Waals surface area contributed by atoms with Crippen molar-refractivity contribution in [1.29, 1.82) is 0 Å². The maximum absolute atomic E-state index is 13.0. The van der Waals surface area contributed by atoms with Gasteiger partial charge in [-0.1, -0.05) is 0 Å². The molecule has 1 aromatic carbocycles. The number of nitrogen functional groups attached to an aromatic ring is 1. The molecule has 3 heterocycles. The highest BCUT2D eigenvalue weighted by Crippen LogP contribution is 2.18. The number of ether oxygens (including phenoxy) is 1. The minimum Gasteiger partial charge on any atom is -0.454 e. The Labute approximate surface area is 176 Å². The molecule has 11 nitrogen and oxygen atoms in total. The van der Waals surface area contributed by atoms with Crippen molar-refractivity contribution in [2.45, 2.75) is 6.61 Å². The van der Waals surface area contributed by atoms with Gasteiger partial charge < -0.3 is 20.7 Å². The molecule has 0 fully saturated rings. The monoisotopic (exact) mass is 445 g/mol. The minimum atomic E-state index is -3.48. The Balaban J connectivity index is 1.42. The molecular weight excluding hydrogens is 429 g/mol. The Kier molecular flexibility index (Phi) is 5.33. The molecule has 160 valence electrons. The molecule has 0 spiro atoms. The van der Waals surface area contributed by atoms with Crippen LogP contribution in [0.15, 0.2) is 52.6 Å². The lowest BCUT2D eigenvalue weighted by molar-refractivity contribution is -0.140. The van der Waals surface area contributed by atoms with Gasteiger partial charge in [0.25, 0.3) is 10.0 Å². The van der Waals surface area contributed by atoms with Gasteiger partial charge in [0.15, 0.2) is 12.4 Å². The molecule has 0 radical (unpaired) electrons. The number of nitrogens with two attached hydrogens (primary N) is 1. The van der Waals surface area contributed by atoms with Gasteiger partial charge in [-0.15, -0.1) is 4.40 Å². The molecule has 2 aliphatic rings. The first-order valence-electron chi connectivity index (χ1n) is 8.97. The summed E-state index contributed by atoms with van der Waals surface area (Å²) in [6.45, 7) is -0.0884. The summed E-state index contributed by atoms with van der Waals surface area (Å²) in [5, 5.41) is 2.86. The van der Waals surface area contributed by atoms with E-state index in [1.165, 1.54) is 42.6 Å². The van der Waals surface area contributed by atoms with Crippen LogP contribution in [0.5, 0.6) is 0 Å². The lowest BCUT2D eigenvalue weighted by Gasteiger charge is -2.26. The number of halogens is 1. The summed E-state index contributed by atoms with van der Waals surface area (Å²) in [5.41, 5.74) is 6.44. The van der Waals surface area contributed by atoms with Crippen molar-refractivity contribution < 1.29 is 22.3 Å². The number of rotatable bonds is 5. The van der Waals surface area contributed by atoms with Crippen LogP contribution in [0, 0.1) is 5.82 Å². The zero-order chi connectivity index (χ0) is 22.0. The number of sulfonamides is 1. The van der Waals surface area contributed by atoms with E-state index in [0.717, 1.165) is 0 Å². The summed E-state index contributed by atoms with van der Waals surface area (Å²) in [4.78, 5) is 26.0. The average Bonchev–Trinajstić information content (AvgIpc) is 2.72. The van der Waals surface area contributed by atoms with Crippen LogP contribution in [0.25, 0.3) is 0 Å². The molecule has 13 heteroatoms. The van der Waals surface area contributed by atoms with Crippen LogP contribution in [0.2, 0.25) is 0 Å². The van der Waals surface area contributed by atoms with E-state index in [-0.39, 0.29) is 53.9 Å². The SMILES string of the molecule is Nc1nc(COC(=O)C2=CN3CCS(=O)(=O)N=C3C=C2)nc(Nc2ccc(F)cc2)n1. The maximum Gasteiger partial charge on any atom is 0.340 e. The molecule has 0 unspecified atom stereocenters. The highest BCUT2D eigenvalue weighted by Gasteiger charge is 2.25. The third kappa shape index (κ3) is 5.01. The van der Waals surface area contributed by atoms with Crippen LogP contribution < -0.4 is 11.1 Å². The van der Waals surface area contributed by atoms with Crippen LogP contribution in [-0.2, 0) is 26.2 Å². The largest absolute Gasteiger partial charge is 0.454 e. The first-order chi connectivity index (χ1) is 14.8. The average molecular weight is 445 g/mol. The van der Waals surface area contributed by atoms with E-state index in [2.05, 4.69) is 24.7 Å². The topological polar surface area (TPSA) is 153 Å². The Morgan fingerprint density at radius 2 is 1.97 bits per heavy atom. The van der Waals surface area contributed by atoms with Crippen molar-refractivity contribution in [3.05, 3.63) is 59.8 Å². The Morgan fingerprint density at radius 3 is 2.74 bits per heavy atom. The van der Waals surface area contributed by atoms with Crippen LogP contribution >= 0.6 is 0 Å². The van der Waals surface area contributed by atoms with Crippen LogP contribution in [-0.4, -0.2) is 52.4 Å². The van der Waals surface area contributed by atoms with Gasteiger partial charge in [-0.3, -0.25) is 0 Å². The van der Waals surface area contributed by atoms with Gasteiger partial charge in [-0.25, -0.2) is 17.6 Å². The van der Waals surface area contributed by atoms with E-state index >= 15 is 0 Å². The first kappa shape index (κ1) is 20.4. The highest BCUT2D eigenvalue weighted by atomic mass is 32.2. The number of fused-ring (bicyclic) bond motifs is 1. The van der Waals surface area contributed by atoms with Gasteiger partial charge >= 0.3 is 5.97 Å². The van der Waals surface area contributed by atoms with Crippen molar-refractivity contribution in [3.63, 3.8) is 0 Å². The van der Waals surface area contributed by atoms with Gasteiger partial charge in [0.05, 0.1) is 11.3 Å². The highest BCUT2D eigenvalue weighted by molar-refractivity contribution is 7.90. The summed E-state index contributed by atoms with van der Waals surface area (Å²) in [6, 6.07) is 5.55. The standard InChI is InChI=1S/C18H16FN7O4S/c19-12-2-4-13(5-3-12)21-18-23-14(22-17(20)24-18)10-30-16(27)11-1-6-15-25-31(28,29)8-7-26(15)9-11/h1-6,9H,7-8,10H2,(H3,20,21,22,23,24). The van der Waals surface area contributed by atoms with E-state index in [0.29, 0.717) is 5.69 Å². The third-order valence-electron chi connectivity index (χ3n) is 4.19. The van der Waals surface area contributed by atoms with E-state index < -0.39 is 16.0 Å². The van der Waals surface area contributed by atoms with Gasteiger partial charge in [0.1, 0.15) is 11.7 Å². The zero-order valence-electron chi connectivity index (χ0n) is 15.9. The van der Waals surface area contributed by atoms with Crippen molar-refractivity contribution in [1.82, 2.24) is 19.9 Å². The summed E-state index contributed by atoms with van der Waals surface area (Å²) < 4.78 is 45.0. The van der Waals surface area contributed by atoms with E-state index in [4.69, 9.17) is 10.5 Å². The van der Waals surface area contributed by atoms with Gasteiger partial charge in [-0.2, -0.15) is 15.0 Å². The number of nitrogens with zero attached hydrogens (tertiary/aromatic N) is 5. The van der Waals surface area contributed by atoms with E-state index in [1.54, 1.807) is 4.90 Å². The Hall–Kier alpha value is -3.87. The fourth-order valence-corrected chi connectivity index (χ4v) is 3.73. The van der Waals surface area contributed by atoms with Crippen LogP contribution in [0.1, 0.15) is 5.82 Å². The van der Waals surface area contributed by atoms with Gasteiger partial charge in [0.2, 0.25) is 11.9 Å². The van der Waals surface area contributed by atoms with E-state index in [1.807, 2.05) is 0 Å². The third-order valence-corrected chi connectivity index (χ3v) is 5.36. The molecule has 31 heavy (non-hydrogen) atoms. The molecule has 1 aromatic heterocycles. The Bertz CT molecular complexity index is 1230. The molecule has 3 N–H and O–H groups in total. The number of anilines is 3. The number of aromatic nitrogens is 3. The minimum absolute atomic E-state index is 0.0854. The number of hydrogen-bond acceptors (Lipinski definition) is 10.